The number of hydrogen-bond donors (Lipinski definition) is 1. The molecule has 17 heavy (non-hydrogen) atoms. The van der Waals surface area contributed by atoms with Crippen LogP contribution < -0.4 is 5.32 Å². The van der Waals surface area contributed by atoms with Gasteiger partial charge in [-0.05, 0) is 24.6 Å². The molecule has 0 saturated heterocycles. The molecule has 2 nitrogen and oxygen atoms in total. The Hall–Kier alpha value is -1.41. The van der Waals surface area contributed by atoms with Crippen LogP contribution in [0.15, 0.2) is 36.4 Å². The van der Waals surface area contributed by atoms with E-state index in [-0.39, 0.29) is 11.5 Å². The van der Waals surface area contributed by atoms with Gasteiger partial charge in [-0.15, -0.1) is 0 Å². The van der Waals surface area contributed by atoms with Crippen molar-refractivity contribution in [1.82, 2.24) is 10.3 Å². The summed E-state index contributed by atoms with van der Waals surface area (Å²) in [4.78, 5) is 4.75. The lowest BCUT2D eigenvalue weighted by atomic mass is 9.84. The molecular formula is C15H20N2. The zero-order valence-corrected chi connectivity index (χ0v) is 11.0. The minimum Gasteiger partial charge on any atom is -0.311 e. The highest BCUT2D eigenvalue weighted by molar-refractivity contribution is 5.78. The van der Waals surface area contributed by atoms with Crippen molar-refractivity contribution < 1.29 is 0 Å². The maximum absolute atomic E-state index is 4.75. The van der Waals surface area contributed by atoms with Crippen LogP contribution in [0, 0.1) is 5.41 Å². The van der Waals surface area contributed by atoms with Crippen LogP contribution in [0.4, 0.5) is 0 Å². The zero-order chi connectivity index (χ0) is 12.5. The lowest BCUT2D eigenvalue weighted by Gasteiger charge is -2.30. The standard InChI is InChI=1S/C15H20N2/c1-15(2,3)14(16-4)13-10-9-11-7-5-6-8-12(11)17-13/h5-10,14,16H,1-4H3. The molecule has 2 rings (SSSR count). The van der Waals surface area contributed by atoms with Gasteiger partial charge in [0, 0.05) is 5.39 Å². The SMILES string of the molecule is CNC(c1ccc2ccccc2n1)C(C)(C)C. The van der Waals surface area contributed by atoms with Crippen molar-refractivity contribution in [3.8, 4) is 0 Å². The average molecular weight is 228 g/mol. The van der Waals surface area contributed by atoms with Crippen LogP contribution in [0.3, 0.4) is 0 Å². The molecule has 1 atom stereocenters. The summed E-state index contributed by atoms with van der Waals surface area (Å²) in [6, 6.07) is 12.8. The molecule has 1 aromatic carbocycles. The van der Waals surface area contributed by atoms with E-state index in [0.29, 0.717) is 0 Å². The first-order valence-corrected chi connectivity index (χ1v) is 6.05. The Morgan fingerprint density at radius 2 is 1.76 bits per heavy atom. The van der Waals surface area contributed by atoms with E-state index in [1.807, 2.05) is 19.2 Å². The predicted molar refractivity (Wildman–Crippen MR) is 73.0 cm³/mol. The van der Waals surface area contributed by atoms with Crippen molar-refractivity contribution in [1.29, 1.82) is 0 Å². The summed E-state index contributed by atoms with van der Waals surface area (Å²) in [6.07, 6.45) is 0. The summed E-state index contributed by atoms with van der Waals surface area (Å²) >= 11 is 0. The fraction of sp³-hybridized carbons (Fsp3) is 0.400. The van der Waals surface area contributed by atoms with E-state index in [4.69, 9.17) is 4.98 Å². The minimum atomic E-state index is 0.157. The van der Waals surface area contributed by atoms with Gasteiger partial charge in [0.2, 0.25) is 0 Å². The number of para-hydroxylation sites is 1. The van der Waals surface area contributed by atoms with Crippen LogP contribution in [0.5, 0.6) is 0 Å². The molecule has 2 heteroatoms. The summed E-state index contributed by atoms with van der Waals surface area (Å²) in [5.74, 6) is 0. The molecule has 1 N–H and O–H groups in total. The van der Waals surface area contributed by atoms with E-state index in [9.17, 15) is 0 Å². The molecule has 90 valence electrons. The van der Waals surface area contributed by atoms with Crippen molar-refractivity contribution in [2.75, 3.05) is 7.05 Å². The van der Waals surface area contributed by atoms with E-state index in [2.05, 4.69) is 50.4 Å². The Bertz CT molecular complexity index is 512. The van der Waals surface area contributed by atoms with Crippen LogP contribution in [-0.2, 0) is 0 Å². The predicted octanol–water partition coefficient (Wildman–Crippen LogP) is 3.54. The number of fused-ring (bicyclic) bond motifs is 1. The Kier molecular flexibility index (Phi) is 3.16. The third-order valence-corrected chi connectivity index (χ3v) is 3.07. The highest BCUT2D eigenvalue weighted by Crippen LogP contribution is 2.31. The number of hydrogen-bond acceptors (Lipinski definition) is 2. The molecule has 0 radical (unpaired) electrons. The highest BCUT2D eigenvalue weighted by atomic mass is 14.9. The molecule has 0 fully saturated rings. The summed E-state index contributed by atoms with van der Waals surface area (Å²) in [6.45, 7) is 6.68. The molecule has 0 saturated carbocycles. The number of rotatable bonds is 2. The Balaban J connectivity index is 2.48. The second kappa shape index (κ2) is 4.46. The van der Waals surface area contributed by atoms with Gasteiger partial charge >= 0.3 is 0 Å². The lowest BCUT2D eigenvalue weighted by molar-refractivity contribution is 0.282. The van der Waals surface area contributed by atoms with Gasteiger partial charge in [0.15, 0.2) is 0 Å². The van der Waals surface area contributed by atoms with Crippen LogP contribution in [0.2, 0.25) is 0 Å². The fourth-order valence-electron chi connectivity index (χ4n) is 2.27. The number of nitrogens with one attached hydrogen (secondary N) is 1. The van der Waals surface area contributed by atoms with Crippen LogP contribution >= 0.6 is 0 Å². The molecule has 1 aromatic heterocycles. The molecule has 0 aliphatic rings. The van der Waals surface area contributed by atoms with Crippen molar-refractivity contribution in [2.45, 2.75) is 26.8 Å². The van der Waals surface area contributed by atoms with E-state index >= 15 is 0 Å². The Labute approximate surface area is 103 Å². The molecule has 1 heterocycles. The van der Waals surface area contributed by atoms with Gasteiger partial charge in [-0.2, -0.15) is 0 Å². The van der Waals surface area contributed by atoms with E-state index in [0.717, 1.165) is 11.2 Å². The summed E-state index contributed by atoms with van der Waals surface area (Å²) in [5.41, 5.74) is 2.33. The van der Waals surface area contributed by atoms with Gasteiger partial charge in [-0.1, -0.05) is 45.0 Å². The van der Waals surface area contributed by atoms with Crippen molar-refractivity contribution in [3.05, 3.63) is 42.1 Å². The number of benzene rings is 1. The van der Waals surface area contributed by atoms with Crippen molar-refractivity contribution in [2.24, 2.45) is 5.41 Å². The Morgan fingerprint density at radius 1 is 1.06 bits per heavy atom. The normalized spacial score (nSPS) is 13.9. The first-order chi connectivity index (χ1) is 8.02. The van der Waals surface area contributed by atoms with E-state index in [1.165, 1.54) is 5.39 Å². The Morgan fingerprint density at radius 3 is 2.41 bits per heavy atom. The summed E-state index contributed by atoms with van der Waals surface area (Å²) < 4.78 is 0. The van der Waals surface area contributed by atoms with Gasteiger partial charge in [0.1, 0.15) is 0 Å². The maximum Gasteiger partial charge on any atom is 0.0706 e. The molecule has 0 spiro atoms. The highest BCUT2D eigenvalue weighted by Gasteiger charge is 2.25. The maximum atomic E-state index is 4.75. The fourth-order valence-corrected chi connectivity index (χ4v) is 2.27. The van der Waals surface area contributed by atoms with E-state index in [1.54, 1.807) is 0 Å². The zero-order valence-electron chi connectivity index (χ0n) is 11.0. The average Bonchev–Trinajstić information content (AvgIpc) is 2.28. The monoisotopic (exact) mass is 228 g/mol. The third-order valence-electron chi connectivity index (χ3n) is 3.07. The summed E-state index contributed by atoms with van der Waals surface area (Å²) in [5, 5.41) is 4.55. The molecule has 0 bridgehead atoms. The molecule has 2 aromatic rings. The van der Waals surface area contributed by atoms with Gasteiger partial charge in [-0.3, -0.25) is 4.98 Å². The topological polar surface area (TPSA) is 24.9 Å². The number of nitrogens with zero attached hydrogens (tertiary/aromatic N) is 1. The largest absolute Gasteiger partial charge is 0.311 e. The van der Waals surface area contributed by atoms with Crippen LogP contribution in [0.25, 0.3) is 10.9 Å². The third kappa shape index (κ3) is 2.47. The van der Waals surface area contributed by atoms with Crippen LogP contribution in [-0.4, -0.2) is 12.0 Å². The number of pyridine rings is 1. The smallest absolute Gasteiger partial charge is 0.0706 e. The second-order valence-electron chi connectivity index (χ2n) is 5.52. The minimum absolute atomic E-state index is 0.157. The quantitative estimate of drug-likeness (QED) is 0.850. The molecule has 0 amide bonds. The van der Waals surface area contributed by atoms with Crippen molar-refractivity contribution >= 4 is 10.9 Å². The second-order valence-corrected chi connectivity index (χ2v) is 5.52. The first-order valence-electron chi connectivity index (χ1n) is 6.05. The van der Waals surface area contributed by atoms with Crippen LogP contribution in [0.1, 0.15) is 32.5 Å². The molecule has 1 unspecified atom stereocenters. The van der Waals surface area contributed by atoms with Gasteiger partial charge < -0.3 is 5.32 Å². The van der Waals surface area contributed by atoms with Crippen molar-refractivity contribution in [3.63, 3.8) is 0 Å². The lowest BCUT2D eigenvalue weighted by Crippen LogP contribution is -2.30. The van der Waals surface area contributed by atoms with Gasteiger partial charge in [-0.25, -0.2) is 0 Å². The van der Waals surface area contributed by atoms with Gasteiger partial charge in [0.25, 0.3) is 0 Å². The van der Waals surface area contributed by atoms with E-state index < -0.39 is 0 Å². The summed E-state index contributed by atoms with van der Waals surface area (Å²) in [7, 11) is 1.99. The first kappa shape index (κ1) is 12.1. The number of aromatic nitrogens is 1. The molecule has 0 aliphatic carbocycles. The molecular weight excluding hydrogens is 208 g/mol. The van der Waals surface area contributed by atoms with Gasteiger partial charge in [0.05, 0.1) is 17.3 Å². The molecule has 0 aliphatic heterocycles.